The molecule has 0 saturated carbocycles. The Morgan fingerprint density at radius 2 is 1.07 bits per heavy atom. The summed E-state index contributed by atoms with van der Waals surface area (Å²) in [5, 5.41) is 72.9. The SMILES string of the molecule is Cc1ccc(C2(O)O[C@H](C(O)O)[C@](O)(Cc3ccccc3)[C@@](O)(Cc3ccccc3)[C@@]2(O)Cc2ccccc2)c(C)c1. The number of ether oxygens (including phenoxy) is 1. The molecule has 1 saturated heterocycles. The van der Waals surface area contributed by atoms with E-state index >= 15 is 0 Å². The summed E-state index contributed by atoms with van der Waals surface area (Å²) in [6, 6.07) is 31.5. The predicted molar refractivity (Wildman–Crippen MR) is 158 cm³/mol. The van der Waals surface area contributed by atoms with Gasteiger partial charge in [-0.3, -0.25) is 0 Å². The van der Waals surface area contributed by atoms with Gasteiger partial charge >= 0.3 is 0 Å². The Hall–Kier alpha value is -3.40. The van der Waals surface area contributed by atoms with E-state index in [0.717, 1.165) is 5.56 Å². The van der Waals surface area contributed by atoms with Crippen molar-refractivity contribution in [1.82, 2.24) is 0 Å². The van der Waals surface area contributed by atoms with Gasteiger partial charge in [0.25, 0.3) is 0 Å². The highest BCUT2D eigenvalue weighted by molar-refractivity contribution is 5.42. The van der Waals surface area contributed by atoms with E-state index in [1.165, 1.54) is 0 Å². The number of aryl methyl sites for hydroxylation is 2. The summed E-state index contributed by atoms with van der Waals surface area (Å²) in [6.07, 6.45) is -5.28. The Morgan fingerprint density at radius 3 is 1.52 bits per heavy atom. The topological polar surface area (TPSA) is 131 Å². The van der Waals surface area contributed by atoms with E-state index < -0.39 is 35.0 Å². The second-order valence-corrected chi connectivity index (χ2v) is 11.5. The molecule has 4 aromatic carbocycles. The molecular formula is C35H38O7. The van der Waals surface area contributed by atoms with Crippen LogP contribution in [-0.2, 0) is 29.8 Å². The highest BCUT2D eigenvalue weighted by Crippen LogP contribution is 2.57. The quantitative estimate of drug-likeness (QED) is 0.180. The summed E-state index contributed by atoms with van der Waals surface area (Å²) in [6.45, 7) is 3.61. The maximum Gasteiger partial charge on any atom is 0.226 e. The smallest absolute Gasteiger partial charge is 0.226 e. The first kappa shape index (κ1) is 30.1. The molecule has 0 spiro atoms. The molecule has 42 heavy (non-hydrogen) atoms. The monoisotopic (exact) mass is 570 g/mol. The van der Waals surface area contributed by atoms with Crippen molar-refractivity contribution in [2.24, 2.45) is 0 Å². The fourth-order valence-corrected chi connectivity index (χ4v) is 6.54. The maximum atomic E-state index is 13.1. The number of hydrogen-bond donors (Lipinski definition) is 6. The first-order valence-corrected chi connectivity index (χ1v) is 14.1. The Kier molecular flexibility index (Phi) is 8.13. The molecule has 5 atom stereocenters. The van der Waals surface area contributed by atoms with Crippen LogP contribution in [0.4, 0.5) is 0 Å². The Labute approximate surface area is 245 Å². The molecule has 0 amide bonds. The van der Waals surface area contributed by atoms with Gasteiger partial charge in [-0.1, -0.05) is 115 Å². The molecule has 6 N–H and O–H groups in total. The van der Waals surface area contributed by atoms with Crippen LogP contribution in [0.2, 0.25) is 0 Å². The lowest BCUT2D eigenvalue weighted by Gasteiger charge is -2.64. The lowest BCUT2D eigenvalue weighted by molar-refractivity contribution is -0.461. The lowest BCUT2D eigenvalue weighted by atomic mass is 9.56. The third kappa shape index (κ3) is 4.97. The van der Waals surface area contributed by atoms with Crippen LogP contribution < -0.4 is 0 Å². The molecule has 5 rings (SSSR count). The third-order valence-electron chi connectivity index (χ3n) is 8.67. The van der Waals surface area contributed by atoms with E-state index in [1.807, 2.05) is 6.92 Å². The molecule has 1 aliphatic heterocycles. The highest BCUT2D eigenvalue weighted by atomic mass is 16.7. The van der Waals surface area contributed by atoms with Gasteiger partial charge in [0.05, 0.1) is 0 Å². The van der Waals surface area contributed by atoms with Gasteiger partial charge in [0.15, 0.2) is 11.9 Å². The largest absolute Gasteiger partial charge is 0.383 e. The molecule has 4 aromatic rings. The first-order chi connectivity index (χ1) is 19.9. The average molecular weight is 571 g/mol. The van der Waals surface area contributed by atoms with E-state index in [-0.39, 0.29) is 24.8 Å². The van der Waals surface area contributed by atoms with Crippen LogP contribution in [0.5, 0.6) is 0 Å². The van der Waals surface area contributed by atoms with E-state index in [9.17, 15) is 30.6 Å². The molecular weight excluding hydrogens is 532 g/mol. The summed E-state index contributed by atoms with van der Waals surface area (Å²) in [5.74, 6) is -2.69. The summed E-state index contributed by atoms with van der Waals surface area (Å²) >= 11 is 0. The van der Waals surface area contributed by atoms with Crippen LogP contribution in [0.15, 0.2) is 109 Å². The van der Waals surface area contributed by atoms with E-state index in [0.29, 0.717) is 22.3 Å². The van der Waals surface area contributed by atoms with Gasteiger partial charge in [-0.15, -0.1) is 0 Å². The summed E-state index contributed by atoms with van der Waals surface area (Å²) in [5.41, 5.74) is -4.50. The van der Waals surface area contributed by atoms with E-state index in [4.69, 9.17) is 4.74 Å². The van der Waals surface area contributed by atoms with Gasteiger partial charge in [-0.05, 0) is 36.1 Å². The first-order valence-electron chi connectivity index (χ1n) is 14.1. The number of aliphatic hydroxyl groups excluding tert-OH is 1. The number of hydrogen-bond acceptors (Lipinski definition) is 7. The van der Waals surface area contributed by atoms with Crippen molar-refractivity contribution in [1.29, 1.82) is 0 Å². The Bertz CT molecular complexity index is 1500. The van der Waals surface area contributed by atoms with Crippen molar-refractivity contribution < 1.29 is 35.4 Å². The average Bonchev–Trinajstić information content (AvgIpc) is 2.96. The van der Waals surface area contributed by atoms with Crippen LogP contribution in [0, 0.1) is 13.8 Å². The molecule has 220 valence electrons. The normalized spacial score (nSPS) is 29.5. The van der Waals surface area contributed by atoms with Gasteiger partial charge in [0.1, 0.15) is 17.3 Å². The Balaban J connectivity index is 1.83. The maximum absolute atomic E-state index is 13.1. The lowest BCUT2D eigenvalue weighted by Crippen LogP contribution is -2.85. The molecule has 1 fully saturated rings. The third-order valence-corrected chi connectivity index (χ3v) is 8.67. The molecule has 0 radical (unpaired) electrons. The zero-order valence-corrected chi connectivity index (χ0v) is 23.8. The number of benzene rings is 4. The van der Waals surface area contributed by atoms with Gasteiger partial charge < -0.3 is 35.4 Å². The Morgan fingerprint density at radius 1 is 0.619 bits per heavy atom. The van der Waals surface area contributed by atoms with E-state index in [2.05, 4.69) is 0 Å². The van der Waals surface area contributed by atoms with Crippen molar-refractivity contribution in [2.75, 3.05) is 0 Å². The number of aliphatic hydroxyl groups is 6. The van der Waals surface area contributed by atoms with Gasteiger partial charge in [0.2, 0.25) is 5.79 Å². The zero-order valence-electron chi connectivity index (χ0n) is 23.8. The van der Waals surface area contributed by atoms with Gasteiger partial charge in [-0.2, -0.15) is 0 Å². The van der Waals surface area contributed by atoms with Gasteiger partial charge in [0, 0.05) is 24.8 Å². The van der Waals surface area contributed by atoms with Crippen LogP contribution in [0.3, 0.4) is 0 Å². The molecule has 7 nitrogen and oxygen atoms in total. The molecule has 0 bridgehead atoms. The van der Waals surface area contributed by atoms with Gasteiger partial charge in [-0.25, -0.2) is 0 Å². The number of rotatable bonds is 8. The second kappa shape index (κ2) is 11.4. The summed E-state index contributed by atoms with van der Waals surface area (Å²) in [4.78, 5) is 0. The molecule has 1 unspecified atom stereocenters. The zero-order chi connectivity index (χ0) is 30.2. The fourth-order valence-electron chi connectivity index (χ4n) is 6.54. The van der Waals surface area contributed by atoms with Crippen molar-refractivity contribution >= 4 is 0 Å². The standard InChI is InChI=1S/C35H38O7/c1-24-18-19-29(25(2)20-24)35(41)34(40,23-28-16-10-5-11-17-28)33(39,22-27-14-8-4-9-15-27)32(38,30(42-35)31(36)37)21-26-12-6-3-7-13-26/h3-20,30-31,36-41H,21-23H2,1-2H3/t30-,32-,33+,34+,35?/m1/s1. The minimum atomic E-state index is -2.69. The molecule has 1 aliphatic rings. The second-order valence-electron chi connectivity index (χ2n) is 11.5. The van der Waals surface area contributed by atoms with E-state index in [1.54, 1.807) is 116 Å². The molecule has 7 heteroatoms. The molecule has 1 heterocycles. The summed E-state index contributed by atoms with van der Waals surface area (Å²) in [7, 11) is 0. The fraction of sp³-hybridized carbons (Fsp3) is 0.314. The predicted octanol–water partition coefficient (Wildman–Crippen LogP) is 3.08. The van der Waals surface area contributed by atoms with Crippen LogP contribution in [-0.4, -0.2) is 59.8 Å². The highest BCUT2D eigenvalue weighted by Gasteiger charge is 2.77. The minimum absolute atomic E-state index is 0.130. The van der Waals surface area contributed by atoms with Crippen molar-refractivity contribution in [3.8, 4) is 0 Å². The molecule has 0 aliphatic carbocycles. The van der Waals surface area contributed by atoms with Crippen LogP contribution in [0.1, 0.15) is 33.4 Å². The minimum Gasteiger partial charge on any atom is -0.383 e. The van der Waals surface area contributed by atoms with Crippen molar-refractivity contribution in [3.63, 3.8) is 0 Å². The van der Waals surface area contributed by atoms with Crippen molar-refractivity contribution in [2.45, 2.75) is 68.1 Å². The van der Waals surface area contributed by atoms with Crippen molar-refractivity contribution in [3.05, 3.63) is 143 Å². The van der Waals surface area contributed by atoms with Crippen LogP contribution >= 0.6 is 0 Å². The molecule has 0 aromatic heterocycles. The summed E-state index contributed by atoms with van der Waals surface area (Å²) < 4.78 is 6.15. The van der Waals surface area contributed by atoms with Crippen LogP contribution in [0.25, 0.3) is 0 Å².